The van der Waals surface area contributed by atoms with Crippen LogP contribution in [0.4, 0.5) is 0 Å². The molecule has 2 aliphatic rings. The Kier molecular flexibility index (Phi) is 3.85. The SMILES string of the molecule is CC1CCCC1NC(=O)C1CCCC1CN. The smallest absolute Gasteiger partial charge is 0.223 e. The molecular formula is C13H24N2O. The molecule has 0 heterocycles. The zero-order chi connectivity index (χ0) is 11.5. The van der Waals surface area contributed by atoms with Crippen molar-refractivity contribution in [2.24, 2.45) is 23.5 Å². The van der Waals surface area contributed by atoms with Gasteiger partial charge in [-0.3, -0.25) is 4.79 Å². The predicted octanol–water partition coefficient (Wildman–Crippen LogP) is 1.67. The van der Waals surface area contributed by atoms with Crippen LogP contribution in [-0.4, -0.2) is 18.5 Å². The zero-order valence-electron chi connectivity index (χ0n) is 10.2. The second kappa shape index (κ2) is 5.17. The lowest BCUT2D eigenvalue weighted by Gasteiger charge is -2.22. The Hall–Kier alpha value is -0.570. The minimum atomic E-state index is 0.192. The van der Waals surface area contributed by atoms with Crippen molar-refractivity contribution in [1.82, 2.24) is 5.32 Å². The molecule has 4 unspecified atom stereocenters. The van der Waals surface area contributed by atoms with Crippen molar-refractivity contribution in [1.29, 1.82) is 0 Å². The standard InChI is InChI=1S/C13H24N2O/c1-9-4-2-7-12(9)15-13(16)11-6-3-5-10(11)8-14/h9-12H,2-8,14H2,1H3,(H,15,16). The molecule has 0 aromatic rings. The van der Waals surface area contributed by atoms with E-state index in [1.165, 1.54) is 19.3 Å². The van der Waals surface area contributed by atoms with Crippen LogP contribution in [0.15, 0.2) is 0 Å². The lowest BCUT2D eigenvalue weighted by Crippen LogP contribution is -2.42. The molecule has 16 heavy (non-hydrogen) atoms. The van der Waals surface area contributed by atoms with Gasteiger partial charge in [-0.2, -0.15) is 0 Å². The van der Waals surface area contributed by atoms with Crippen LogP contribution in [0.3, 0.4) is 0 Å². The summed E-state index contributed by atoms with van der Waals surface area (Å²) in [4.78, 5) is 12.1. The summed E-state index contributed by atoms with van der Waals surface area (Å²) >= 11 is 0. The van der Waals surface area contributed by atoms with Gasteiger partial charge in [0.25, 0.3) is 0 Å². The molecule has 0 aromatic heterocycles. The molecule has 2 fully saturated rings. The molecule has 0 bridgehead atoms. The van der Waals surface area contributed by atoms with Crippen molar-refractivity contribution in [2.45, 2.75) is 51.5 Å². The number of carbonyl (C=O) groups is 1. The second-order valence-electron chi connectivity index (χ2n) is 5.56. The molecule has 0 spiro atoms. The molecule has 1 amide bonds. The molecule has 0 aromatic carbocycles. The number of amides is 1. The summed E-state index contributed by atoms with van der Waals surface area (Å²) in [7, 11) is 0. The van der Waals surface area contributed by atoms with Crippen molar-refractivity contribution in [3.63, 3.8) is 0 Å². The highest BCUT2D eigenvalue weighted by Gasteiger charge is 2.34. The predicted molar refractivity (Wildman–Crippen MR) is 64.8 cm³/mol. The third kappa shape index (κ3) is 2.40. The van der Waals surface area contributed by atoms with Crippen molar-refractivity contribution in [3.8, 4) is 0 Å². The van der Waals surface area contributed by atoms with Gasteiger partial charge in [-0.25, -0.2) is 0 Å². The summed E-state index contributed by atoms with van der Waals surface area (Å²) in [6.07, 6.45) is 7.02. The topological polar surface area (TPSA) is 55.1 Å². The van der Waals surface area contributed by atoms with E-state index in [0.717, 1.165) is 19.3 Å². The molecule has 3 heteroatoms. The molecule has 92 valence electrons. The van der Waals surface area contributed by atoms with Crippen LogP contribution >= 0.6 is 0 Å². The van der Waals surface area contributed by atoms with E-state index in [4.69, 9.17) is 5.73 Å². The summed E-state index contributed by atoms with van der Waals surface area (Å²) in [6.45, 7) is 2.91. The van der Waals surface area contributed by atoms with Crippen LogP contribution in [-0.2, 0) is 4.79 Å². The lowest BCUT2D eigenvalue weighted by molar-refractivity contribution is -0.126. The summed E-state index contributed by atoms with van der Waals surface area (Å²) in [5.74, 6) is 1.54. The van der Waals surface area contributed by atoms with Crippen molar-refractivity contribution < 1.29 is 4.79 Å². The Balaban J connectivity index is 1.87. The van der Waals surface area contributed by atoms with E-state index in [2.05, 4.69) is 12.2 Å². The van der Waals surface area contributed by atoms with Crippen LogP contribution in [0.2, 0.25) is 0 Å². The van der Waals surface area contributed by atoms with Crippen LogP contribution in [0.5, 0.6) is 0 Å². The quantitative estimate of drug-likeness (QED) is 0.766. The first-order valence-electron chi connectivity index (χ1n) is 6.72. The highest BCUT2D eigenvalue weighted by atomic mass is 16.2. The Morgan fingerprint density at radius 3 is 2.62 bits per heavy atom. The van der Waals surface area contributed by atoms with Crippen molar-refractivity contribution in [3.05, 3.63) is 0 Å². The van der Waals surface area contributed by atoms with Gasteiger partial charge in [-0.15, -0.1) is 0 Å². The molecule has 2 saturated carbocycles. The molecule has 4 atom stereocenters. The van der Waals surface area contributed by atoms with Gasteiger partial charge in [0.2, 0.25) is 5.91 Å². The van der Waals surface area contributed by atoms with Gasteiger partial charge in [0.05, 0.1) is 0 Å². The van der Waals surface area contributed by atoms with E-state index in [1.807, 2.05) is 0 Å². The highest BCUT2D eigenvalue weighted by molar-refractivity contribution is 5.79. The number of nitrogens with two attached hydrogens (primary N) is 1. The molecule has 3 nitrogen and oxygen atoms in total. The summed E-state index contributed by atoms with van der Waals surface area (Å²) < 4.78 is 0. The Bertz CT molecular complexity index is 254. The molecule has 3 N–H and O–H groups in total. The van der Waals surface area contributed by atoms with Gasteiger partial charge in [-0.1, -0.05) is 19.8 Å². The molecule has 2 aliphatic carbocycles. The maximum Gasteiger partial charge on any atom is 0.223 e. The maximum absolute atomic E-state index is 12.1. The number of nitrogens with one attached hydrogen (secondary N) is 1. The number of carbonyl (C=O) groups excluding carboxylic acids is 1. The largest absolute Gasteiger partial charge is 0.353 e. The normalized spacial score (nSPS) is 38.9. The Labute approximate surface area is 98.2 Å². The van der Waals surface area contributed by atoms with Gasteiger partial charge in [0.1, 0.15) is 0 Å². The fourth-order valence-electron chi connectivity index (χ4n) is 3.31. The lowest BCUT2D eigenvalue weighted by atomic mass is 9.94. The van der Waals surface area contributed by atoms with Crippen molar-refractivity contribution in [2.75, 3.05) is 6.54 Å². The Morgan fingerprint density at radius 2 is 2.00 bits per heavy atom. The summed E-state index contributed by atoms with van der Waals surface area (Å²) in [5.41, 5.74) is 5.72. The van der Waals surface area contributed by atoms with Gasteiger partial charge >= 0.3 is 0 Å². The molecule has 0 radical (unpaired) electrons. The van der Waals surface area contributed by atoms with Crippen LogP contribution in [0, 0.1) is 17.8 Å². The summed E-state index contributed by atoms with van der Waals surface area (Å²) in [6, 6.07) is 0.423. The number of hydrogen-bond acceptors (Lipinski definition) is 2. The van der Waals surface area contributed by atoms with Gasteiger partial charge < -0.3 is 11.1 Å². The highest BCUT2D eigenvalue weighted by Crippen LogP contribution is 2.32. The summed E-state index contributed by atoms with van der Waals surface area (Å²) in [5, 5.41) is 3.24. The first kappa shape index (κ1) is 11.9. The van der Waals surface area contributed by atoms with Gasteiger partial charge in [0.15, 0.2) is 0 Å². The van der Waals surface area contributed by atoms with E-state index in [0.29, 0.717) is 24.4 Å². The third-order valence-electron chi connectivity index (χ3n) is 4.49. The average Bonchev–Trinajstić information content (AvgIpc) is 2.87. The minimum Gasteiger partial charge on any atom is -0.353 e. The van der Waals surface area contributed by atoms with E-state index in [1.54, 1.807) is 0 Å². The molecule has 2 rings (SSSR count). The van der Waals surface area contributed by atoms with Crippen LogP contribution in [0.1, 0.15) is 45.4 Å². The van der Waals surface area contributed by atoms with Gasteiger partial charge in [0, 0.05) is 12.0 Å². The fraction of sp³-hybridized carbons (Fsp3) is 0.923. The molecular weight excluding hydrogens is 200 g/mol. The average molecular weight is 224 g/mol. The fourth-order valence-corrected chi connectivity index (χ4v) is 3.31. The van der Waals surface area contributed by atoms with Gasteiger partial charge in [-0.05, 0) is 44.1 Å². The van der Waals surface area contributed by atoms with E-state index >= 15 is 0 Å². The van der Waals surface area contributed by atoms with E-state index in [-0.39, 0.29) is 11.8 Å². The van der Waals surface area contributed by atoms with Crippen LogP contribution in [0.25, 0.3) is 0 Å². The monoisotopic (exact) mass is 224 g/mol. The number of rotatable bonds is 3. The number of hydrogen-bond donors (Lipinski definition) is 2. The molecule has 0 aliphatic heterocycles. The molecule has 0 saturated heterocycles. The zero-order valence-corrected chi connectivity index (χ0v) is 10.2. The van der Waals surface area contributed by atoms with E-state index in [9.17, 15) is 4.79 Å². The minimum absolute atomic E-state index is 0.192. The Morgan fingerprint density at radius 1 is 1.25 bits per heavy atom. The second-order valence-corrected chi connectivity index (χ2v) is 5.56. The first-order chi connectivity index (χ1) is 7.72. The van der Waals surface area contributed by atoms with Crippen molar-refractivity contribution >= 4 is 5.91 Å². The van der Waals surface area contributed by atoms with Crippen LogP contribution < -0.4 is 11.1 Å². The van der Waals surface area contributed by atoms with E-state index < -0.39 is 0 Å². The maximum atomic E-state index is 12.1. The third-order valence-corrected chi connectivity index (χ3v) is 4.49. The first-order valence-corrected chi connectivity index (χ1v) is 6.72.